The van der Waals surface area contributed by atoms with Crippen LogP contribution in [0.2, 0.25) is 0 Å². The molecule has 0 spiro atoms. The number of ketones is 1. The van der Waals surface area contributed by atoms with Crippen LogP contribution >= 0.6 is 24.0 Å². The highest BCUT2D eigenvalue weighted by Crippen LogP contribution is 2.49. The summed E-state index contributed by atoms with van der Waals surface area (Å²) in [4.78, 5) is 16.5. The molecule has 37 heavy (non-hydrogen) atoms. The lowest BCUT2D eigenvalue weighted by Crippen LogP contribution is -2.22. The number of hydrogen-bond acceptors (Lipinski definition) is 4. The van der Waals surface area contributed by atoms with E-state index in [1.54, 1.807) is 6.08 Å². The van der Waals surface area contributed by atoms with Crippen molar-refractivity contribution in [3.63, 3.8) is 0 Å². The molecule has 4 heteroatoms. The molecular weight excluding hydrogens is 492 g/mol. The van der Waals surface area contributed by atoms with Crippen LogP contribution in [0.25, 0.3) is 0 Å². The van der Waals surface area contributed by atoms with Crippen molar-refractivity contribution in [1.82, 2.24) is 0 Å². The van der Waals surface area contributed by atoms with Crippen molar-refractivity contribution < 1.29 is 9.90 Å². The average molecular weight is 539 g/mol. The van der Waals surface area contributed by atoms with Gasteiger partial charge in [0.2, 0.25) is 5.78 Å². The van der Waals surface area contributed by atoms with Gasteiger partial charge in [0.1, 0.15) is 5.76 Å². The van der Waals surface area contributed by atoms with Gasteiger partial charge < -0.3 is 5.11 Å². The molecule has 0 aromatic rings. The van der Waals surface area contributed by atoms with Crippen LogP contribution in [0, 0.1) is 21.7 Å². The third kappa shape index (κ3) is 8.04. The van der Waals surface area contributed by atoms with E-state index in [-0.39, 0.29) is 33.2 Å². The number of aliphatic hydroxyl groups excluding tert-OH is 1. The molecule has 1 aliphatic carbocycles. The molecule has 0 amide bonds. The van der Waals surface area contributed by atoms with Gasteiger partial charge >= 0.3 is 0 Å². The number of allylic oxidation sites excluding steroid dienone is 13. The molecular formula is C33H46O2S2. The minimum Gasteiger partial charge on any atom is -0.506 e. The van der Waals surface area contributed by atoms with Gasteiger partial charge in [0.05, 0.1) is 11.1 Å². The van der Waals surface area contributed by atoms with E-state index in [1.807, 2.05) is 23.9 Å². The van der Waals surface area contributed by atoms with Gasteiger partial charge in [-0.2, -0.15) is 0 Å². The predicted octanol–water partition coefficient (Wildman–Crippen LogP) is 10.2. The van der Waals surface area contributed by atoms with Gasteiger partial charge in [-0.25, -0.2) is 0 Å². The second kappa shape index (κ2) is 10.7. The number of carbonyl (C=O) groups is 1. The average Bonchev–Trinajstić information content (AvgIpc) is 2.72. The summed E-state index contributed by atoms with van der Waals surface area (Å²) < 4.78 is 0. The molecule has 0 fully saturated rings. The molecule has 0 aromatic heterocycles. The molecule has 202 valence electrons. The molecule has 0 radical (unpaired) electrons. The second-order valence-corrected chi connectivity index (χ2v) is 15.8. The molecule has 0 aromatic carbocycles. The largest absolute Gasteiger partial charge is 0.506 e. The van der Waals surface area contributed by atoms with E-state index >= 15 is 0 Å². The highest BCUT2D eigenvalue weighted by atomic mass is 32.2. The maximum Gasteiger partial charge on any atom is 0.200 e. The molecule has 0 saturated heterocycles. The zero-order chi connectivity index (χ0) is 28.7. The maximum atomic E-state index is 13.2. The first-order valence-corrected chi connectivity index (χ1v) is 14.2. The molecule has 1 N–H and O–H groups in total. The molecule has 0 bridgehead atoms. The van der Waals surface area contributed by atoms with Gasteiger partial charge in [0.25, 0.3) is 0 Å². The van der Waals surface area contributed by atoms with Crippen molar-refractivity contribution >= 4 is 34.6 Å². The topological polar surface area (TPSA) is 37.3 Å². The quantitative estimate of drug-likeness (QED) is 0.219. The lowest BCUT2D eigenvalue weighted by molar-refractivity contribution is -0.113. The fraction of sp³-hybridized carbons (Fsp3) is 0.515. The van der Waals surface area contributed by atoms with Gasteiger partial charge in [0, 0.05) is 4.86 Å². The van der Waals surface area contributed by atoms with Gasteiger partial charge in [-0.05, 0) is 79.9 Å². The lowest BCUT2D eigenvalue weighted by atomic mass is 9.82. The summed E-state index contributed by atoms with van der Waals surface area (Å²) >= 11 is 7.48. The van der Waals surface area contributed by atoms with E-state index in [1.165, 1.54) is 15.4 Å². The second-order valence-electron chi connectivity index (χ2n) is 14.2. The summed E-state index contributed by atoms with van der Waals surface area (Å²) in [5, 5.41) is 11.0. The van der Waals surface area contributed by atoms with Crippen LogP contribution in [-0.4, -0.2) is 15.8 Å². The van der Waals surface area contributed by atoms with Crippen molar-refractivity contribution in [3.05, 3.63) is 79.9 Å². The fourth-order valence-corrected chi connectivity index (χ4v) is 4.72. The number of aliphatic hydroxyl groups is 1. The van der Waals surface area contributed by atoms with Crippen LogP contribution in [0.5, 0.6) is 0 Å². The molecule has 0 atom stereocenters. The smallest absolute Gasteiger partial charge is 0.200 e. The van der Waals surface area contributed by atoms with Crippen molar-refractivity contribution in [1.29, 1.82) is 0 Å². The molecule has 1 aliphatic heterocycles. The Bertz CT molecular complexity index is 1160. The van der Waals surface area contributed by atoms with Crippen molar-refractivity contribution in [2.24, 2.45) is 21.7 Å². The SMILES string of the molecule is C\C(=C/C(=C\C(=S)C(C)(C)C)/C=C1/C(=O)C(C=C2C=C(C(C)(C)C)SC(C(C)(C)C)=C2)=C1O)C(C)(C)C. The Morgan fingerprint density at radius 1 is 0.838 bits per heavy atom. The Kier molecular flexibility index (Phi) is 9.05. The van der Waals surface area contributed by atoms with Gasteiger partial charge in [-0.1, -0.05) is 119 Å². The Morgan fingerprint density at radius 3 is 1.70 bits per heavy atom. The van der Waals surface area contributed by atoms with Crippen LogP contribution in [-0.2, 0) is 4.79 Å². The number of thioether (sulfide) groups is 1. The number of Topliss-reactive ketones (excluding diaryl/α,β-unsaturated/α-hetero) is 1. The first-order valence-electron chi connectivity index (χ1n) is 13.0. The third-order valence-electron chi connectivity index (χ3n) is 6.52. The zero-order valence-electron chi connectivity index (χ0n) is 25.1. The van der Waals surface area contributed by atoms with Crippen LogP contribution < -0.4 is 0 Å². The molecule has 0 saturated carbocycles. The van der Waals surface area contributed by atoms with E-state index in [9.17, 15) is 9.90 Å². The molecule has 2 nitrogen and oxygen atoms in total. The number of rotatable bonds is 4. The Labute approximate surface area is 235 Å². The van der Waals surface area contributed by atoms with Crippen LogP contribution in [0.4, 0.5) is 0 Å². The fourth-order valence-electron chi connectivity index (χ4n) is 3.35. The molecule has 1 heterocycles. The van der Waals surface area contributed by atoms with Gasteiger partial charge in [-0.3, -0.25) is 4.79 Å². The minimum atomic E-state index is -0.174. The van der Waals surface area contributed by atoms with Crippen molar-refractivity contribution in [2.75, 3.05) is 0 Å². The molecule has 0 unspecified atom stereocenters. The first-order chi connectivity index (χ1) is 16.5. The van der Waals surface area contributed by atoms with Crippen LogP contribution in [0.15, 0.2) is 79.9 Å². The van der Waals surface area contributed by atoms with Crippen molar-refractivity contribution in [2.45, 2.75) is 90.0 Å². The Balaban J connectivity index is 2.60. The summed E-state index contributed by atoms with van der Waals surface area (Å²) in [7, 11) is 0. The van der Waals surface area contributed by atoms with Crippen molar-refractivity contribution in [3.8, 4) is 0 Å². The Hall–Kier alpha value is -1.91. The van der Waals surface area contributed by atoms with Gasteiger partial charge in [-0.15, -0.1) is 0 Å². The lowest BCUT2D eigenvalue weighted by Gasteiger charge is -2.32. The highest BCUT2D eigenvalue weighted by molar-refractivity contribution is 8.06. The number of carbonyl (C=O) groups excluding carboxylic acids is 1. The van der Waals surface area contributed by atoms with Crippen LogP contribution in [0.1, 0.15) is 90.0 Å². The van der Waals surface area contributed by atoms with E-state index in [0.717, 1.165) is 16.0 Å². The summed E-state index contributed by atoms with van der Waals surface area (Å²) in [6.07, 6.45) is 11.9. The normalized spacial score (nSPS) is 19.6. The number of hydrogen-bond donors (Lipinski definition) is 1. The van der Waals surface area contributed by atoms with E-state index in [0.29, 0.717) is 11.1 Å². The maximum absolute atomic E-state index is 13.2. The first kappa shape index (κ1) is 31.3. The molecule has 2 aliphatic rings. The zero-order valence-corrected chi connectivity index (χ0v) is 26.8. The highest BCUT2D eigenvalue weighted by Gasteiger charge is 2.34. The predicted molar refractivity (Wildman–Crippen MR) is 167 cm³/mol. The van der Waals surface area contributed by atoms with Crippen LogP contribution in [0.3, 0.4) is 0 Å². The van der Waals surface area contributed by atoms with E-state index in [2.05, 4.69) is 108 Å². The minimum absolute atomic E-state index is 0.0119. The number of thiocarbonyl (C=S) groups is 1. The Morgan fingerprint density at radius 2 is 1.32 bits per heavy atom. The summed E-state index contributed by atoms with van der Waals surface area (Å²) in [5.74, 6) is -0.101. The summed E-state index contributed by atoms with van der Waals surface area (Å²) in [5.41, 5.74) is 3.41. The standard InChI is InChI=1S/C33H46O2S2/c1-20(30(2,3)4)14-21(17-25(36)31(5,6)7)15-23-28(34)24(29(23)35)16-22-18-26(32(8,9)10)37-27(19-22)33(11,12)13/h14-19,34H,1-13H3/b20-14+,21-17+,23-15+. The summed E-state index contributed by atoms with van der Waals surface area (Å²) in [6, 6.07) is 0. The summed E-state index contributed by atoms with van der Waals surface area (Å²) in [6.45, 7) is 28.0. The van der Waals surface area contributed by atoms with E-state index in [4.69, 9.17) is 12.2 Å². The van der Waals surface area contributed by atoms with Gasteiger partial charge in [0.15, 0.2) is 0 Å². The third-order valence-corrected chi connectivity index (χ3v) is 9.15. The molecule has 2 rings (SSSR count). The monoisotopic (exact) mass is 538 g/mol. The van der Waals surface area contributed by atoms with E-state index < -0.39 is 0 Å².